The standard InChI is InChI=1S/C61H112O5/c1-3-5-7-9-11-13-15-17-19-20-21-22-23-24-25-26-27-28-29-30-31-32-33-34-35-36-37-38-39-40-42-44-46-48-50-52-54-56-61(64)66-59(57-62)58-65-60(63)55-53-51-49-47-45-43-41-18-16-14-12-10-8-6-4-2/h5,7,11,13,17,19,21-22,59,62H,3-4,6,8-10,12,14-16,18,20,23-58H2,1-2H3/b7-5-,13-11-,19-17-,22-21-. The first kappa shape index (κ1) is 63.9. The summed E-state index contributed by atoms with van der Waals surface area (Å²) in [5.74, 6) is -0.572. The van der Waals surface area contributed by atoms with Gasteiger partial charge in [0.25, 0.3) is 0 Å². The molecule has 0 aliphatic carbocycles. The topological polar surface area (TPSA) is 72.8 Å². The average molecular weight is 926 g/mol. The predicted octanol–water partition coefficient (Wildman–Crippen LogP) is 19.6. The van der Waals surface area contributed by atoms with Gasteiger partial charge in [-0.05, 0) is 51.4 Å². The Morgan fingerprint density at radius 3 is 0.985 bits per heavy atom. The van der Waals surface area contributed by atoms with Gasteiger partial charge in [-0.15, -0.1) is 0 Å². The summed E-state index contributed by atoms with van der Waals surface area (Å²) < 4.78 is 10.7. The Morgan fingerprint density at radius 1 is 0.364 bits per heavy atom. The number of hydrogen-bond acceptors (Lipinski definition) is 5. The largest absolute Gasteiger partial charge is 0.462 e. The van der Waals surface area contributed by atoms with Crippen LogP contribution in [0.4, 0.5) is 0 Å². The zero-order valence-corrected chi connectivity index (χ0v) is 44.2. The quantitative estimate of drug-likeness (QED) is 0.0374. The SMILES string of the molecule is CC/C=C\C/C=C\C/C=C\C/C=C\CCCCCCCCCCCCCCCCCCCCCCCCCCC(=O)OC(CO)COC(=O)CCCCCCCCCCCCCCCCC. The van der Waals surface area contributed by atoms with Crippen LogP contribution in [0.25, 0.3) is 0 Å². The maximum atomic E-state index is 12.3. The molecule has 0 saturated heterocycles. The molecule has 0 aliphatic heterocycles. The highest BCUT2D eigenvalue weighted by atomic mass is 16.6. The van der Waals surface area contributed by atoms with E-state index < -0.39 is 6.10 Å². The van der Waals surface area contributed by atoms with Gasteiger partial charge in [0, 0.05) is 12.8 Å². The molecule has 0 rings (SSSR count). The number of carbonyl (C=O) groups is 2. The van der Waals surface area contributed by atoms with Gasteiger partial charge in [-0.2, -0.15) is 0 Å². The minimum atomic E-state index is -0.767. The molecule has 0 radical (unpaired) electrons. The van der Waals surface area contributed by atoms with Crippen molar-refractivity contribution in [2.75, 3.05) is 13.2 Å². The molecule has 0 aliphatic rings. The third kappa shape index (κ3) is 54.5. The lowest BCUT2D eigenvalue weighted by atomic mass is 10.0. The fraction of sp³-hybridized carbons (Fsp3) is 0.836. The maximum Gasteiger partial charge on any atom is 0.306 e. The van der Waals surface area contributed by atoms with Crippen LogP contribution in [-0.4, -0.2) is 36.4 Å². The molecule has 0 amide bonds. The van der Waals surface area contributed by atoms with Crippen LogP contribution < -0.4 is 0 Å². The Bertz CT molecular complexity index is 1090. The van der Waals surface area contributed by atoms with Crippen LogP contribution in [0.15, 0.2) is 48.6 Å². The van der Waals surface area contributed by atoms with Crippen molar-refractivity contribution in [2.45, 2.75) is 315 Å². The summed E-state index contributed by atoms with van der Waals surface area (Å²) in [4.78, 5) is 24.5. The van der Waals surface area contributed by atoms with Gasteiger partial charge in [0.05, 0.1) is 6.61 Å². The molecule has 1 unspecified atom stereocenters. The van der Waals surface area contributed by atoms with Crippen LogP contribution in [0.2, 0.25) is 0 Å². The molecule has 0 bridgehead atoms. The number of carbonyl (C=O) groups excluding carboxylic acids is 2. The van der Waals surface area contributed by atoms with Gasteiger partial charge in [0.1, 0.15) is 6.61 Å². The van der Waals surface area contributed by atoms with Gasteiger partial charge in [-0.25, -0.2) is 0 Å². The van der Waals surface area contributed by atoms with Crippen molar-refractivity contribution in [3.63, 3.8) is 0 Å². The summed E-state index contributed by atoms with van der Waals surface area (Å²) >= 11 is 0. The van der Waals surface area contributed by atoms with E-state index in [2.05, 4.69) is 62.5 Å². The number of allylic oxidation sites excluding steroid dienone is 8. The number of unbranched alkanes of at least 4 members (excludes halogenated alkanes) is 38. The molecule has 0 saturated carbocycles. The maximum absolute atomic E-state index is 12.3. The lowest BCUT2D eigenvalue weighted by Crippen LogP contribution is -2.28. The van der Waals surface area contributed by atoms with E-state index in [1.165, 1.54) is 225 Å². The summed E-state index contributed by atoms with van der Waals surface area (Å²) in [6, 6.07) is 0. The van der Waals surface area contributed by atoms with E-state index in [0.29, 0.717) is 12.8 Å². The number of rotatable bonds is 54. The zero-order valence-electron chi connectivity index (χ0n) is 44.2. The van der Waals surface area contributed by atoms with Gasteiger partial charge >= 0.3 is 11.9 Å². The van der Waals surface area contributed by atoms with E-state index in [1.807, 2.05) is 0 Å². The Morgan fingerprint density at radius 2 is 0.652 bits per heavy atom. The van der Waals surface area contributed by atoms with Gasteiger partial charge in [-0.1, -0.05) is 294 Å². The fourth-order valence-electron chi connectivity index (χ4n) is 8.79. The highest BCUT2D eigenvalue weighted by Crippen LogP contribution is 2.18. The minimum Gasteiger partial charge on any atom is -0.462 e. The molecular formula is C61H112O5. The molecule has 0 aromatic carbocycles. The van der Waals surface area contributed by atoms with Crippen molar-refractivity contribution >= 4 is 11.9 Å². The van der Waals surface area contributed by atoms with Crippen LogP contribution in [0.5, 0.6) is 0 Å². The Balaban J connectivity index is 3.38. The first-order valence-corrected chi connectivity index (χ1v) is 29.2. The summed E-state index contributed by atoms with van der Waals surface area (Å²) in [5, 5.41) is 9.64. The third-order valence-corrected chi connectivity index (χ3v) is 13.1. The third-order valence-electron chi connectivity index (χ3n) is 13.1. The zero-order chi connectivity index (χ0) is 47.7. The normalized spacial score (nSPS) is 12.5. The number of aliphatic hydroxyl groups is 1. The van der Waals surface area contributed by atoms with Crippen LogP contribution in [-0.2, 0) is 19.1 Å². The smallest absolute Gasteiger partial charge is 0.306 e. The lowest BCUT2D eigenvalue weighted by Gasteiger charge is -2.15. The lowest BCUT2D eigenvalue weighted by molar-refractivity contribution is -0.161. The van der Waals surface area contributed by atoms with Crippen molar-refractivity contribution in [2.24, 2.45) is 0 Å². The van der Waals surface area contributed by atoms with E-state index in [-0.39, 0.29) is 25.2 Å². The van der Waals surface area contributed by atoms with E-state index in [4.69, 9.17) is 9.47 Å². The highest BCUT2D eigenvalue weighted by Gasteiger charge is 2.16. The molecule has 1 N–H and O–H groups in total. The van der Waals surface area contributed by atoms with Gasteiger partial charge in [-0.3, -0.25) is 9.59 Å². The Kier molecular flexibility index (Phi) is 55.3. The van der Waals surface area contributed by atoms with Gasteiger partial charge in [0.15, 0.2) is 6.10 Å². The second-order valence-corrected chi connectivity index (χ2v) is 19.7. The number of hydrogen-bond donors (Lipinski definition) is 1. The first-order chi connectivity index (χ1) is 32.6. The summed E-state index contributed by atoms with van der Waals surface area (Å²) in [6.07, 6.45) is 75.4. The highest BCUT2D eigenvalue weighted by molar-refractivity contribution is 5.70. The molecule has 0 heterocycles. The van der Waals surface area contributed by atoms with Crippen molar-refractivity contribution in [1.82, 2.24) is 0 Å². The Labute approximate surface area is 411 Å². The second kappa shape index (κ2) is 57.2. The molecule has 66 heavy (non-hydrogen) atoms. The van der Waals surface area contributed by atoms with Gasteiger partial charge < -0.3 is 14.6 Å². The van der Waals surface area contributed by atoms with Crippen molar-refractivity contribution in [3.8, 4) is 0 Å². The molecule has 386 valence electrons. The molecular weight excluding hydrogens is 813 g/mol. The van der Waals surface area contributed by atoms with Crippen LogP contribution >= 0.6 is 0 Å². The summed E-state index contributed by atoms with van der Waals surface area (Å²) in [7, 11) is 0. The molecule has 5 heteroatoms. The Hall–Kier alpha value is -2.14. The molecule has 0 aromatic rings. The van der Waals surface area contributed by atoms with Gasteiger partial charge in [0.2, 0.25) is 0 Å². The van der Waals surface area contributed by atoms with E-state index >= 15 is 0 Å². The summed E-state index contributed by atoms with van der Waals surface area (Å²) in [6.45, 7) is 4.07. The van der Waals surface area contributed by atoms with Crippen LogP contribution in [0, 0.1) is 0 Å². The van der Waals surface area contributed by atoms with Crippen molar-refractivity contribution in [1.29, 1.82) is 0 Å². The average Bonchev–Trinajstić information content (AvgIpc) is 3.32. The minimum absolute atomic E-state index is 0.0592. The first-order valence-electron chi connectivity index (χ1n) is 29.2. The summed E-state index contributed by atoms with van der Waals surface area (Å²) in [5.41, 5.74) is 0. The molecule has 5 nitrogen and oxygen atoms in total. The number of ether oxygens (including phenoxy) is 2. The van der Waals surface area contributed by atoms with Crippen molar-refractivity contribution in [3.05, 3.63) is 48.6 Å². The molecule has 0 fully saturated rings. The molecule has 1 atom stereocenters. The predicted molar refractivity (Wildman–Crippen MR) is 288 cm³/mol. The molecule has 0 aromatic heterocycles. The number of aliphatic hydroxyl groups excluding tert-OH is 1. The number of esters is 2. The molecule has 0 spiro atoms. The van der Waals surface area contributed by atoms with Crippen molar-refractivity contribution < 1.29 is 24.2 Å². The van der Waals surface area contributed by atoms with E-state index in [1.54, 1.807) is 0 Å². The van der Waals surface area contributed by atoms with Crippen LogP contribution in [0.3, 0.4) is 0 Å². The van der Waals surface area contributed by atoms with Crippen LogP contribution in [0.1, 0.15) is 309 Å². The monoisotopic (exact) mass is 925 g/mol. The van der Waals surface area contributed by atoms with E-state index in [0.717, 1.165) is 57.8 Å². The van der Waals surface area contributed by atoms with E-state index in [9.17, 15) is 14.7 Å². The second-order valence-electron chi connectivity index (χ2n) is 19.7. The fourth-order valence-corrected chi connectivity index (χ4v) is 8.79.